The van der Waals surface area contributed by atoms with Gasteiger partial charge in [-0.15, -0.1) is 0 Å². The lowest BCUT2D eigenvalue weighted by molar-refractivity contribution is -0.140. The van der Waals surface area contributed by atoms with Crippen LogP contribution >= 0.6 is 0 Å². The third-order valence-electron chi connectivity index (χ3n) is 4.32. The van der Waals surface area contributed by atoms with Crippen LogP contribution in [0, 0.1) is 5.92 Å². The SMILES string of the molecule is COC(=O)CCCC(=O)N1CCC(Cc2ccc(OC)cc2)C1. The summed E-state index contributed by atoms with van der Waals surface area (Å²) in [7, 11) is 3.03. The second-order valence-electron chi connectivity index (χ2n) is 5.98. The molecule has 1 aromatic rings. The van der Waals surface area contributed by atoms with E-state index in [0.717, 1.165) is 31.7 Å². The Hall–Kier alpha value is -2.04. The molecule has 1 aromatic carbocycles. The van der Waals surface area contributed by atoms with E-state index in [4.69, 9.17) is 4.74 Å². The summed E-state index contributed by atoms with van der Waals surface area (Å²) in [5.74, 6) is 1.26. The molecule has 1 fully saturated rings. The predicted octanol–water partition coefficient (Wildman–Crippen LogP) is 2.43. The van der Waals surface area contributed by atoms with Crippen LogP contribution in [-0.4, -0.2) is 44.1 Å². The molecule has 5 nitrogen and oxygen atoms in total. The molecule has 0 aliphatic carbocycles. The van der Waals surface area contributed by atoms with Crippen LogP contribution in [0.1, 0.15) is 31.2 Å². The van der Waals surface area contributed by atoms with Crippen LogP contribution in [0.25, 0.3) is 0 Å². The van der Waals surface area contributed by atoms with Gasteiger partial charge in [0.05, 0.1) is 14.2 Å². The zero-order valence-corrected chi connectivity index (χ0v) is 13.9. The summed E-state index contributed by atoms with van der Waals surface area (Å²) < 4.78 is 9.75. The Kier molecular flexibility index (Phi) is 6.44. The smallest absolute Gasteiger partial charge is 0.305 e. The van der Waals surface area contributed by atoms with Crippen LogP contribution < -0.4 is 4.74 Å². The molecule has 2 rings (SSSR count). The highest BCUT2D eigenvalue weighted by Gasteiger charge is 2.26. The number of methoxy groups -OCH3 is 2. The number of hydrogen-bond acceptors (Lipinski definition) is 4. The van der Waals surface area contributed by atoms with Crippen molar-refractivity contribution in [1.82, 2.24) is 4.90 Å². The van der Waals surface area contributed by atoms with Gasteiger partial charge in [0.2, 0.25) is 5.91 Å². The summed E-state index contributed by atoms with van der Waals surface area (Å²) in [6.07, 6.45) is 3.31. The third-order valence-corrected chi connectivity index (χ3v) is 4.32. The normalized spacial score (nSPS) is 17.1. The molecule has 0 saturated carbocycles. The molecule has 1 aliphatic rings. The van der Waals surface area contributed by atoms with Crippen molar-refractivity contribution in [2.75, 3.05) is 27.3 Å². The fraction of sp³-hybridized carbons (Fsp3) is 0.556. The van der Waals surface area contributed by atoms with Gasteiger partial charge in [0, 0.05) is 25.9 Å². The average molecular weight is 319 g/mol. The van der Waals surface area contributed by atoms with Gasteiger partial charge in [0.1, 0.15) is 5.75 Å². The number of rotatable bonds is 7. The van der Waals surface area contributed by atoms with E-state index in [9.17, 15) is 9.59 Å². The minimum Gasteiger partial charge on any atom is -0.497 e. The molecule has 1 atom stereocenters. The molecule has 1 aliphatic heterocycles. The number of carbonyl (C=O) groups is 2. The lowest BCUT2D eigenvalue weighted by atomic mass is 9.99. The fourth-order valence-electron chi connectivity index (χ4n) is 2.96. The topological polar surface area (TPSA) is 55.8 Å². The van der Waals surface area contributed by atoms with Crippen LogP contribution in [0.4, 0.5) is 0 Å². The zero-order valence-electron chi connectivity index (χ0n) is 13.9. The summed E-state index contributed by atoms with van der Waals surface area (Å²) in [6.45, 7) is 1.63. The Morgan fingerprint density at radius 3 is 2.57 bits per heavy atom. The van der Waals surface area contributed by atoms with Gasteiger partial charge in [-0.3, -0.25) is 9.59 Å². The van der Waals surface area contributed by atoms with Crippen LogP contribution in [0.15, 0.2) is 24.3 Å². The van der Waals surface area contributed by atoms with Crippen molar-refractivity contribution < 1.29 is 19.1 Å². The van der Waals surface area contributed by atoms with E-state index in [1.54, 1.807) is 7.11 Å². The van der Waals surface area contributed by atoms with Crippen molar-refractivity contribution in [2.24, 2.45) is 5.92 Å². The van der Waals surface area contributed by atoms with Gasteiger partial charge >= 0.3 is 5.97 Å². The first kappa shape index (κ1) is 17.3. The van der Waals surface area contributed by atoms with Crippen LogP contribution in [0.3, 0.4) is 0 Å². The van der Waals surface area contributed by atoms with Crippen molar-refractivity contribution in [3.05, 3.63) is 29.8 Å². The molecule has 0 aromatic heterocycles. The second kappa shape index (κ2) is 8.56. The van der Waals surface area contributed by atoms with Crippen molar-refractivity contribution in [3.63, 3.8) is 0 Å². The second-order valence-corrected chi connectivity index (χ2v) is 5.98. The van der Waals surface area contributed by atoms with E-state index in [1.165, 1.54) is 12.7 Å². The van der Waals surface area contributed by atoms with E-state index in [2.05, 4.69) is 16.9 Å². The minimum absolute atomic E-state index is 0.145. The van der Waals surface area contributed by atoms with Crippen molar-refractivity contribution in [3.8, 4) is 5.75 Å². The van der Waals surface area contributed by atoms with Crippen molar-refractivity contribution in [2.45, 2.75) is 32.1 Å². The number of ether oxygens (including phenoxy) is 2. The van der Waals surface area contributed by atoms with Gasteiger partial charge in [-0.1, -0.05) is 12.1 Å². The molecule has 1 unspecified atom stereocenters. The molecular formula is C18H25NO4. The summed E-state index contributed by atoms with van der Waals surface area (Å²) in [4.78, 5) is 25.1. The van der Waals surface area contributed by atoms with Crippen molar-refractivity contribution in [1.29, 1.82) is 0 Å². The molecule has 0 radical (unpaired) electrons. The highest BCUT2D eigenvalue weighted by atomic mass is 16.5. The van der Waals surface area contributed by atoms with Crippen LogP contribution in [-0.2, 0) is 20.7 Å². The average Bonchev–Trinajstić information content (AvgIpc) is 3.04. The van der Waals surface area contributed by atoms with Gasteiger partial charge in [-0.25, -0.2) is 0 Å². The molecule has 0 spiro atoms. The number of amides is 1. The zero-order chi connectivity index (χ0) is 16.7. The summed E-state index contributed by atoms with van der Waals surface area (Å²) in [5.41, 5.74) is 1.27. The molecule has 1 heterocycles. The number of nitrogens with zero attached hydrogens (tertiary/aromatic N) is 1. The Labute approximate surface area is 137 Å². The molecule has 1 saturated heterocycles. The summed E-state index contributed by atoms with van der Waals surface area (Å²) in [6, 6.07) is 8.11. The van der Waals surface area contributed by atoms with Crippen LogP contribution in [0.5, 0.6) is 5.75 Å². The lowest BCUT2D eigenvalue weighted by Gasteiger charge is -2.16. The Bertz CT molecular complexity index is 526. The maximum Gasteiger partial charge on any atom is 0.305 e. The minimum atomic E-state index is -0.253. The summed E-state index contributed by atoms with van der Waals surface area (Å²) >= 11 is 0. The van der Waals surface area contributed by atoms with Gasteiger partial charge in [-0.05, 0) is 42.9 Å². The monoisotopic (exact) mass is 319 g/mol. The standard InChI is InChI=1S/C18H25NO4/c1-22-16-8-6-14(7-9-16)12-15-10-11-19(13-15)17(20)4-3-5-18(21)23-2/h6-9,15H,3-5,10-13H2,1-2H3. The van der Waals surface area contributed by atoms with Gasteiger partial charge < -0.3 is 14.4 Å². The van der Waals surface area contributed by atoms with E-state index in [-0.39, 0.29) is 11.9 Å². The Morgan fingerprint density at radius 2 is 1.91 bits per heavy atom. The first-order valence-corrected chi connectivity index (χ1v) is 8.10. The first-order chi connectivity index (χ1) is 11.1. The van der Waals surface area contributed by atoms with E-state index in [0.29, 0.717) is 25.2 Å². The maximum atomic E-state index is 12.2. The fourth-order valence-corrected chi connectivity index (χ4v) is 2.96. The maximum absolute atomic E-state index is 12.2. The quantitative estimate of drug-likeness (QED) is 0.724. The number of likely N-dealkylation sites (tertiary alicyclic amines) is 1. The first-order valence-electron chi connectivity index (χ1n) is 8.10. The number of esters is 1. The van der Waals surface area contributed by atoms with Gasteiger partial charge in [0.15, 0.2) is 0 Å². The molecular weight excluding hydrogens is 294 g/mol. The van der Waals surface area contributed by atoms with E-state index < -0.39 is 0 Å². The number of hydrogen-bond donors (Lipinski definition) is 0. The molecule has 0 N–H and O–H groups in total. The summed E-state index contributed by atoms with van der Waals surface area (Å²) in [5, 5.41) is 0. The molecule has 0 bridgehead atoms. The van der Waals surface area contributed by atoms with Crippen LogP contribution in [0.2, 0.25) is 0 Å². The highest BCUT2D eigenvalue weighted by molar-refractivity contribution is 5.77. The number of benzene rings is 1. The number of carbonyl (C=O) groups excluding carboxylic acids is 2. The lowest BCUT2D eigenvalue weighted by Crippen LogP contribution is -2.28. The van der Waals surface area contributed by atoms with E-state index in [1.807, 2.05) is 17.0 Å². The highest BCUT2D eigenvalue weighted by Crippen LogP contribution is 2.23. The molecule has 1 amide bonds. The van der Waals surface area contributed by atoms with Crippen molar-refractivity contribution >= 4 is 11.9 Å². The molecule has 5 heteroatoms. The largest absolute Gasteiger partial charge is 0.497 e. The van der Waals surface area contributed by atoms with E-state index >= 15 is 0 Å². The third kappa shape index (κ3) is 5.27. The Balaban J connectivity index is 1.74. The van der Waals surface area contributed by atoms with Gasteiger partial charge in [-0.2, -0.15) is 0 Å². The van der Waals surface area contributed by atoms with Gasteiger partial charge in [0.25, 0.3) is 0 Å². The predicted molar refractivity (Wildman–Crippen MR) is 87.3 cm³/mol. The molecule has 23 heavy (non-hydrogen) atoms. The Morgan fingerprint density at radius 1 is 1.17 bits per heavy atom. The molecule has 126 valence electrons.